The van der Waals surface area contributed by atoms with Crippen LogP contribution in [0.3, 0.4) is 0 Å². The fourth-order valence-corrected chi connectivity index (χ4v) is 4.43. The van der Waals surface area contributed by atoms with Crippen molar-refractivity contribution in [3.63, 3.8) is 0 Å². The van der Waals surface area contributed by atoms with Gasteiger partial charge in [0, 0.05) is 18.7 Å². The quantitative estimate of drug-likeness (QED) is 0.462. The van der Waals surface area contributed by atoms with Gasteiger partial charge in [-0.05, 0) is 62.3 Å². The molecule has 8 nitrogen and oxygen atoms in total. The Bertz CT molecular complexity index is 1130. The average molecular weight is 498 g/mol. The van der Waals surface area contributed by atoms with Crippen molar-refractivity contribution >= 4 is 28.8 Å². The number of hydrogen-bond acceptors (Lipinski definition) is 7. The van der Waals surface area contributed by atoms with Gasteiger partial charge in [0.05, 0.1) is 5.69 Å². The summed E-state index contributed by atoms with van der Waals surface area (Å²) >= 11 is 1.07. The van der Waals surface area contributed by atoms with Gasteiger partial charge in [-0.1, -0.05) is 36.3 Å². The van der Waals surface area contributed by atoms with Crippen molar-refractivity contribution in [1.29, 1.82) is 0 Å². The standard InChI is InChI=1S/C25H28FN5O3S/c26-20-7-3-4-8-21(20)28-24(33)25-30-29-22(35-25)17-34-19-11-9-18(10-12-19)23(32)27-13-16-31-14-5-1-2-6-15-31/h3-4,7-12H,1-2,5-6,13-17H2,(H,27,32)(H,28,33). The Morgan fingerprint density at radius 2 is 1.71 bits per heavy atom. The van der Waals surface area contributed by atoms with Crippen molar-refractivity contribution in [2.45, 2.75) is 32.3 Å². The smallest absolute Gasteiger partial charge is 0.286 e. The first-order chi connectivity index (χ1) is 17.1. The molecule has 184 valence electrons. The number of amides is 2. The number of anilines is 1. The summed E-state index contributed by atoms with van der Waals surface area (Å²) in [6.45, 7) is 3.82. The SMILES string of the molecule is O=C(NCCN1CCCCCC1)c1ccc(OCc2nnc(C(=O)Nc3ccccc3F)s2)cc1. The molecule has 1 fully saturated rings. The third kappa shape index (κ3) is 7.30. The summed E-state index contributed by atoms with van der Waals surface area (Å²) in [5.74, 6) is -0.604. The molecule has 0 aliphatic carbocycles. The van der Waals surface area contributed by atoms with Crippen LogP contribution in [0.15, 0.2) is 48.5 Å². The van der Waals surface area contributed by atoms with Gasteiger partial charge in [-0.2, -0.15) is 0 Å². The number of benzene rings is 2. The van der Waals surface area contributed by atoms with E-state index in [9.17, 15) is 14.0 Å². The van der Waals surface area contributed by atoms with Crippen LogP contribution >= 0.6 is 11.3 Å². The summed E-state index contributed by atoms with van der Waals surface area (Å²) in [5, 5.41) is 13.9. The fourth-order valence-electron chi connectivity index (χ4n) is 3.78. The zero-order chi connectivity index (χ0) is 24.5. The highest BCUT2D eigenvalue weighted by molar-refractivity contribution is 7.13. The molecule has 0 atom stereocenters. The van der Waals surface area contributed by atoms with Crippen molar-refractivity contribution in [1.82, 2.24) is 20.4 Å². The Labute approximate surface area is 207 Å². The fraction of sp³-hybridized carbons (Fsp3) is 0.360. The summed E-state index contributed by atoms with van der Waals surface area (Å²) in [7, 11) is 0. The molecular weight excluding hydrogens is 469 g/mol. The van der Waals surface area contributed by atoms with Crippen molar-refractivity contribution in [2.24, 2.45) is 0 Å². The number of hydrogen-bond donors (Lipinski definition) is 2. The van der Waals surface area contributed by atoms with E-state index < -0.39 is 11.7 Å². The van der Waals surface area contributed by atoms with E-state index in [4.69, 9.17) is 4.74 Å². The van der Waals surface area contributed by atoms with E-state index in [1.54, 1.807) is 36.4 Å². The van der Waals surface area contributed by atoms with Crippen LogP contribution in [0.5, 0.6) is 5.75 Å². The molecule has 35 heavy (non-hydrogen) atoms. The molecule has 0 radical (unpaired) electrons. The lowest BCUT2D eigenvalue weighted by atomic mass is 10.2. The Balaban J connectivity index is 1.22. The van der Waals surface area contributed by atoms with E-state index >= 15 is 0 Å². The largest absolute Gasteiger partial charge is 0.486 e. The molecule has 3 aromatic rings. The maximum absolute atomic E-state index is 13.7. The van der Waals surface area contributed by atoms with Gasteiger partial charge < -0.3 is 20.3 Å². The highest BCUT2D eigenvalue weighted by Gasteiger charge is 2.15. The van der Waals surface area contributed by atoms with Crippen LogP contribution in [0.2, 0.25) is 0 Å². The van der Waals surface area contributed by atoms with Gasteiger partial charge in [0.2, 0.25) is 5.01 Å². The zero-order valence-corrected chi connectivity index (χ0v) is 20.2. The number of nitrogens with zero attached hydrogens (tertiary/aromatic N) is 3. The van der Waals surface area contributed by atoms with Crippen molar-refractivity contribution < 1.29 is 18.7 Å². The normalized spacial score (nSPS) is 14.2. The van der Waals surface area contributed by atoms with E-state index in [1.165, 1.54) is 37.8 Å². The third-order valence-electron chi connectivity index (χ3n) is 5.67. The van der Waals surface area contributed by atoms with Crippen LogP contribution in [0, 0.1) is 5.82 Å². The Morgan fingerprint density at radius 3 is 2.46 bits per heavy atom. The second-order valence-electron chi connectivity index (χ2n) is 8.26. The predicted molar refractivity (Wildman–Crippen MR) is 132 cm³/mol. The average Bonchev–Trinajstić information content (AvgIpc) is 3.20. The van der Waals surface area contributed by atoms with Crippen LogP contribution in [-0.4, -0.2) is 53.1 Å². The topological polar surface area (TPSA) is 96.5 Å². The number of para-hydroxylation sites is 1. The van der Waals surface area contributed by atoms with Gasteiger partial charge in [0.25, 0.3) is 11.8 Å². The van der Waals surface area contributed by atoms with E-state index in [0.717, 1.165) is 31.0 Å². The number of aromatic nitrogens is 2. The molecule has 4 rings (SSSR count). The van der Waals surface area contributed by atoms with Crippen molar-refractivity contribution in [3.8, 4) is 5.75 Å². The van der Waals surface area contributed by atoms with Crippen LogP contribution in [0.1, 0.15) is 50.9 Å². The molecule has 0 saturated carbocycles. The summed E-state index contributed by atoms with van der Waals surface area (Å²) in [4.78, 5) is 27.1. The lowest BCUT2D eigenvalue weighted by molar-refractivity contribution is 0.0947. The number of halogens is 1. The molecule has 0 unspecified atom stereocenters. The van der Waals surface area contributed by atoms with Crippen LogP contribution in [0.4, 0.5) is 10.1 Å². The Kier molecular flexibility index (Phi) is 8.74. The lowest BCUT2D eigenvalue weighted by Crippen LogP contribution is -2.35. The Hall–Kier alpha value is -3.37. The molecule has 0 bridgehead atoms. The van der Waals surface area contributed by atoms with E-state index in [-0.39, 0.29) is 23.2 Å². The van der Waals surface area contributed by atoms with Gasteiger partial charge in [0.1, 0.15) is 18.2 Å². The first kappa shape index (κ1) is 24.7. The molecule has 1 saturated heterocycles. The van der Waals surface area contributed by atoms with E-state index in [2.05, 4.69) is 25.7 Å². The second kappa shape index (κ2) is 12.4. The molecule has 2 heterocycles. The maximum atomic E-state index is 13.7. The van der Waals surface area contributed by atoms with Crippen LogP contribution in [0.25, 0.3) is 0 Å². The lowest BCUT2D eigenvalue weighted by Gasteiger charge is -2.19. The molecular formula is C25H28FN5O3S. The molecule has 1 aliphatic rings. The molecule has 1 aliphatic heterocycles. The minimum Gasteiger partial charge on any atom is -0.486 e. The Morgan fingerprint density at radius 1 is 0.971 bits per heavy atom. The van der Waals surface area contributed by atoms with Crippen molar-refractivity contribution in [3.05, 3.63) is 69.9 Å². The molecule has 0 spiro atoms. The highest BCUT2D eigenvalue weighted by atomic mass is 32.1. The summed E-state index contributed by atoms with van der Waals surface area (Å²) in [6, 6.07) is 12.8. The molecule has 2 N–H and O–H groups in total. The summed E-state index contributed by atoms with van der Waals surface area (Å²) in [6.07, 6.45) is 5.05. The molecule has 2 aromatic carbocycles. The van der Waals surface area contributed by atoms with E-state index in [1.807, 2.05) is 0 Å². The monoisotopic (exact) mass is 497 g/mol. The number of carbonyl (C=O) groups excluding carboxylic acids is 2. The zero-order valence-electron chi connectivity index (χ0n) is 19.3. The first-order valence-electron chi connectivity index (χ1n) is 11.7. The van der Waals surface area contributed by atoms with Gasteiger partial charge >= 0.3 is 0 Å². The molecule has 2 amide bonds. The van der Waals surface area contributed by atoms with Crippen LogP contribution < -0.4 is 15.4 Å². The third-order valence-corrected chi connectivity index (χ3v) is 6.57. The number of ether oxygens (including phenoxy) is 1. The summed E-state index contributed by atoms with van der Waals surface area (Å²) in [5.41, 5.74) is 0.646. The van der Waals surface area contributed by atoms with E-state index in [0.29, 0.717) is 22.9 Å². The summed E-state index contributed by atoms with van der Waals surface area (Å²) < 4.78 is 19.4. The van der Waals surface area contributed by atoms with Gasteiger partial charge in [-0.15, -0.1) is 10.2 Å². The minimum atomic E-state index is -0.537. The predicted octanol–water partition coefficient (Wildman–Crippen LogP) is 4.11. The van der Waals surface area contributed by atoms with Gasteiger partial charge in [0.15, 0.2) is 5.01 Å². The first-order valence-corrected chi connectivity index (χ1v) is 12.5. The second-order valence-corrected chi connectivity index (χ2v) is 9.32. The maximum Gasteiger partial charge on any atom is 0.286 e. The number of carbonyl (C=O) groups is 2. The minimum absolute atomic E-state index is 0.0802. The molecule has 1 aromatic heterocycles. The van der Waals surface area contributed by atoms with Gasteiger partial charge in [-0.3, -0.25) is 9.59 Å². The van der Waals surface area contributed by atoms with Crippen LogP contribution in [-0.2, 0) is 6.61 Å². The molecule has 10 heteroatoms. The van der Waals surface area contributed by atoms with Gasteiger partial charge in [-0.25, -0.2) is 4.39 Å². The van der Waals surface area contributed by atoms with Crippen molar-refractivity contribution in [2.75, 3.05) is 31.5 Å². The highest BCUT2D eigenvalue weighted by Crippen LogP contribution is 2.19. The number of likely N-dealkylation sites (tertiary alicyclic amines) is 1. The number of rotatable bonds is 9. The number of nitrogens with one attached hydrogen (secondary N) is 2.